The summed E-state index contributed by atoms with van der Waals surface area (Å²) in [6, 6.07) is 13.9. The average molecular weight is 693 g/mol. The largest absolute Gasteiger partial charge is 0.493 e. The Balaban J connectivity index is 0.000000727. The molecule has 1 aromatic heterocycles. The molecule has 5 rings (SSSR count). The highest BCUT2D eigenvalue weighted by Gasteiger charge is 2.56. The van der Waals surface area contributed by atoms with E-state index >= 15 is 4.39 Å². The number of anilines is 2. The van der Waals surface area contributed by atoms with Crippen LogP contribution in [0.3, 0.4) is 0 Å². The molecule has 0 bridgehead atoms. The summed E-state index contributed by atoms with van der Waals surface area (Å²) in [4.78, 5) is 43.2. The highest BCUT2D eigenvalue weighted by Crippen LogP contribution is 2.47. The van der Waals surface area contributed by atoms with Crippen LogP contribution in [0.2, 0.25) is 0 Å². The summed E-state index contributed by atoms with van der Waals surface area (Å²) in [6.45, 7) is 10.3. The summed E-state index contributed by atoms with van der Waals surface area (Å²) in [5.41, 5.74) is -0.321. The van der Waals surface area contributed by atoms with Crippen molar-refractivity contribution in [3.63, 3.8) is 0 Å². The normalized spacial score (nSPS) is 12.8. The molecular formula is C37H42F2N4O7. The van der Waals surface area contributed by atoms with E-state index in [9.17, 15) is 18.8 Å². The van der Waals surface area contributed by atoms with Crippen molar-refractivity contribution in [1.29, 1.82) is 0 Å². The fraction of sp³-hybridized carbons (Fsp3) is 0.351. The molecule has 13 heteroatoms. The van der Waals surface area contributed by atoms with E-state index in [0.29, 0.717) is 47.4 Å². The summed E-state index contributed by atoms with van der Waals surface area (Å²) >= 11 is 0. The van der Waals surface area contributed by atoms with E-state index in [2.05, 4.69) is 41.3 Å². The molecule has 0 radical (unpaired) electrons. The van der Waals surface area contributed by atoms with Gasteiger partial charge in [0.1, 0.15) is 17.0 Å². The van der Waals surface area contributed by atoms with Gasteiger partial charge in [0.2, 0.25) is 11.8 Å². The van der Waals surface area contributed by atoms with Crippen LogP contribution >= 0.6 is 0 Å². The molecule has 0 aliphatic heterocycles. The second kappa shape index (κ2) is 17.4. The summed E-state index contributed by atoms with van der Waals surface area (Å²) in [5.74, 6) is -2.33. The standard InChI is InChI=1S/C31H27F2N3O7.C6H15N/c1-41-26-16-21-23(17-27(26)42-14-2-3-28(37)38)34-13-10-24(21)43-25-9-8-20(15-22(25)33)36-30(40)31(11-12-31)29(39)35-19-6-4-18(32)5-7-19;1-4-7(5-2)6-3/h4-10,13,15-17H,2-3,11-12,14H2,1H3,(H,35,39)(H,36,40)(H,37,38);4-6H2,1-3H3. The molecule has 1 heterocycles. The monoisotopic (exact) mass is 692 g/mol. The molecule has 0 atom stereocenters. The Hall–Kier alpha value is -5.30. The van der Waals surface area contributed by atoms with Crippen molar-refractivity contribution < 1.29 is 42.5 Å². The van der Waals surface area contributed by atoms with Gasteiger partial charge in [0.05, 0.1) is 19.2 Å². The molecule has 3 aromatic carbocycles. The van der Waals surface area contributed by atoms with Gasteiger partial charge in [-0.2, -0.15) is 0 Å². The smallest absolute Gasteiger partial charge is 0.303 e. The zero-order valence-corrected chi connectivity index (χ0v) is 28.6. The lowest BCUT2D eigenvalue weighted by atomic mass is 10.0. The number of nitrogens with zero attached hydrogens (tertiary/aromatic N) is 2. The number of hydrogen-bond acceptors (Lipinski definition) is 8. The van der Waals surface area contributed by atoms with E-state index in [1.54, 1.807) is 18.2 Å². The number of methoxy groups -OCH3 is 1. The minimum absolute atomic E-state index is 0.0338. The molecule has 3 N–H and O–H groups in total. The maximum absolute atomic E-state index is 15.1. The summed E-state index contributed by atoms with van der Waals surface area (Å²) < 4.78 is 45.3. The molecule has 1 saturated carbocycles. The zero-order valence-electron chi connectivity index (χ0n) is 28.6. The molecule has 0 unspecified atom stereocenters. The van der Waals surface area contributed by atoms with Gasteiger partial charge in [-0.05, 0) is 87.4 Å². The molecule has 4 aromatic rings. The van der Waals surface area contributed by atoms with E-state index in [-0.39, 0.29) is 30.2 Å². The van der Waals surface area contributed by atoms with Gasteiger partial charge in [-0.1, -0.05) is 20.8 Å². The summed E-state index contributed by atoms with van der Waals surface area (Å²) in [6.07, 6.45) is 2.41. The van der Waals surface area contributed by atoms with Crippen molar-refractivity contribution in [1.82, 2.24) is 9.88 Å². The molecule has 266 valence electrons. The SMILES string of the molecule is CCN(CC)CC.COc1cc2c(Oc3ccc(NC(=O)C4(C(=O)Nc5ccc(F)cc5)CC4)cc3F)ccnc2cc1OCCCC(=O)O. The average Bonchev–Trinajstić information content (AvgIpc) is 3.92. The van der Waals surface area contributed by atoms with Gasteiger partial charge >= 0.3 is 5.97 Å². The molecular weight excluding hydrogens is 650 g/mol. The number of carboxylic acid groups (broad SMARTS) is 1. The van der Waals surface area contributed by atoms with Crippen LogP contribution in [-0.2, 0) is 14.4 Å². The first-order valence-electron chi connectivity index (χ1n) is 16.4. The van der Waals surface area contributed by atoms with Crippen LogP contribution in [0.1, 0.15) is 46.5 Å². The Morgan fingerprint density at radius 1 is 0.840 bits per heavy atom. The Kier molecular flexibility index (Phi) is 13.0. The van der Waals surface area contributed by atoms with Gasteiger partial charge in [-0.3, -0.25) is 19.4 Å². The fourth-order valence-electron chi connectivity index (χ4n) is 5.06. The third-order valence-electron chi connectivity index (χ3n) is 8.25. The number of halogens is 2. The summed E-state index contributed by atoms with van der Waals surface area (Å²) in [5, 5.41) is 14.5. The number of nitrogens with one attached hydrogen (secondary N) is 2. The number of carboxylic acids is 1. The first-order chi connectivity index (χ1) is 24.0. The number of aliphatic carboxylic acids is 1. The molecule has 11 nitrogen and oxygen atoms in total. The van der Waals surface area contributed by atoms with E-state index in [4.69, 9.17) is 19.3 Å². The van der Waals surface area contributed by atoms with Crippen LogP contribution in [0.25, 0.3) is 10.9 Å². The summed E-state index contributed by atoms with van der Waals surface area (Å²) in [7, 11) is 1.45. The van der Waals surface area contributed by atoms with Crippen LogP contribution < -0.4 is 24.8 Å². The third kappa shape index (κ3) is 9.65. The highest BCUT2D eigenvalue weighted by atomic mass is 19.1. The molecule has 50 heavy (non-hydrogen) atoms. The topological polar surface area (TPSA) is 139 Å². The molecule has 2 amide bonds. The van der Waals surface area contributed by atoms with Crippen molar-refractivity contribution in [3.05, 3.63) is 78.5 Å². The number of pyridine rings is 1. The Bertz CT molecular complexity index is 1790. The van der Waals surface area contributed by atoms with Crippen LogP contribution in [0.15, 0.2) is 66.9 Å². The second-order valence-corrected chi connectivity index (χ2v) is 11.5. The van der Waals surface area contributed by atoms with E-state index in [1.165, 1.54) is 69.3 Å². The number of amides is 2. The number of aromatic nitrogens is 1. The van der Waals surface area contributed by atoms with Gasteiger partial charge in [0, 0.05) is 41.5 Å². The van der Waals surface area contributed by atoms with Gasteiger partial charge in [-0.25, -0.2) is 8.78 Å². The van der Waals surface area contributed by atoms with Crippen LogP contribution in [0, 0.1) is 17.0 Å². The quantitative estimate of drug-likeness (QED) is 0.0868. The zero-order chi connectivity index (χ0) is 36.3. The van der Waals surface area contributed by atoms with E-state index in [0.717, 1.165) is 6.07 Å². The molecule has 0 saturated heterocycles. The minimum atomic E-state index is -1.30. The first kappa shape index (κ1) is 37.5. The molecule has 0 spiro atoms. The number of rotatable bonds is 15. The maximum Gasteiger partial charge on any atom is 0.303 e. The highest BCUT2D eigenvalue weighted by molar-refractivity contribution is 6.16. The van der Waals surface area contributed by atoms with Crippen LogP contribution in [0.5, 0.6) is 23.0 Å². The third-order valence-corrected chi connectivity index (χ3v) is 8.25. The number of hydrogen-bond donors (Lipinski definition) is 3. The Morgan fingerprint density at radius 2 is 1.48 bits per heavy atom. The number of carbonyl (C=O) groups is 3. The predicted octanol–water partition coefficient (Wildman–Crippen LogP) is 7.26. The van der Waals surface area contributed by atoms with Crippen LogP contribution in [-0.4, -0.2) is 66.1 Å². The van der Waals surface area contributed by atoms with Crippen molar-refractivity contribution >= 4 is 40.1 Å². The van der Waals surface area contributed by atoms with Crippen molar-refractivity contribution in [3.8, 4) is 23.0 Å². The Morgan fingerprint density at radius 3 is 2.04 bits per heavy atom. The first-order valence-corrected chi connectivity index (χ1v) is 16.4. The lowest BCUT2D eigenvalue weighted by Gasteiger charge is -2.16. The second-order valence-electron chi connectivity index (χ2n) is 11.5. The van der Waals surface area contributed by atoms with E-state index in [1.807, 2.05) is 0 Å². The van der Waals surface area contributed by atoms with Crippen molar-refractivity contribution in [2.24, 2.45) is 5.41 Å². The minimum Gasteiger partial charge on any atom is -0.493 e. The number of fused-ring (bicyclic) bond motifs is 1. The lowest BCUT2D eigenvalue weighted by molar-refractivity contribution is -0.137. The Labute approximate surface area is 289 Å². The van der Waals surface area contributed by atoms with Crippen molar-refractivity contribution in [2.75, 3.05) is 44.0 Å². The van der Waals surface area contributed by atoms with Gasteiger partial charge in [0.15, 0.2) is 23.1 Å². The maximum atomic E-state index is 15.1. The molecule has 1 fully saturated rings. The fourth-order valence-corrected chi connectivity index (χ4v) is 5.06. The molecule has 1 aliphatic carbocycles. The van der Waals surface area contributed by atoms with Gasteiger partial charge in [-0.15, -0.1) is 0 Å². The predicted molar refractivity (Wildman–Crippen MR) is 186 cm³/mol. The van der Waals surface area contributed by atoms with Gasteiger partial charge in [0.25, 0.3) is 0 Å². The van der Waals surface area contributed by atoms with Crippen LogP contribution in [0.4, 0.5) is 20.2 Å². The number of carbonyl (C=O) groups excluding carboxylic acids is 2. The molecule has 1 aliphatic rings. The van der Waals surface area contributed by atoms with Gasteiger partial charge < -0.3 is 34.9 Å². The van der Waals surface area contributed by atoms with E-state index < -0.39 is 34.8 Å². The number of benzene rings is 3. The lowest BCUT2D eigenvalue weighted by Crippen LogP contribution is -2.35. The van der Waals surface area contributed by atoms with Crippen molar-refractivity contribution in [2.45, 2.75) is 46.5 Å². The number of ether oxygens (including phenoxy) is 3.